The van der Waals surface area contributed by atoms with Gasteiger partial charge in [-0.2, -0.15) is 10.2 Å². The SMILES string of the molecule is CCn1ncc(CN(C)C(=O)c2nc(-c3cnn(CCCN(C)C(=O)OC(C)(C)C)c3)nc3ccc(O)cc23)c1C. The van der Waals surface area contributed by atoms with Crippen LogP contribution in [0, 0.1) is 6.92 Å². The largest absolute Gasteiger partial charge is 0.508 e. The van der Waals surface area contributed by atoms with E-state index < -0.39 is 5.60 Å². The summed E-state index contributed by atoms with van der Waals surface area (Å²) < 4.78 is 9.04. The number of carbonyl (C=O) groups excluding carboxylic acids is 2. The molecule has 4 rings (SSSR count). The van der Waals surface area contributed by atoms with Gasteiger partial charge in [-0.3, -0.25) is 14.2 Å². The van der Waals surface area contributed by atoms with Gasteiger partial charge in [-0.1, -0.05) is 0 Å². The van der Waals surface area contributed by atoms with Gasteiger partial charge in [-0.25, -0.2) is 14.8 Å². The molecular formula is C29H38N8O4. The molecule has 2 amide bonds. The number of phenolic OH excluding ortho intramolecular Hbond substituents is 1. The number of aromatic hydroxyl groups is 1. The molecule has 0 aliphatic rings. The Balaban J connectivity index is 1.53. The van der Waals surface area contributed by atoms with Gasteiger partial charge in [-0.05, 0) is 59.2 Å². The molecule has 0 fully saturated rings. The molecule has 0 spiro atoms. The molecule has 0 aliphatic carbocycles. The van der Waals surface area contributed by atoms with Crippen LogP contribution in [-0.4, -0.2) is 82.7 Å². The first-order chi connectivity index (χ1) is 19.4. The predicted molar refractivity (Wildman–Crippen MR) is 154 cm³/mol. The van der Waals surface area contributed by atoms with E-state index in [1.54, 1.807) is 47.0 Å². The Morgan fingerprint density at radius 2 is 1.83 bits per heavy atom. The number of phenols is 1. The lowest BCUT2D eigenvalue weighted by Crippen LogP contribution is -2.35. The smallest absolute Gasteiger partial charge is 0.410 e. The zero-order valence-corrected chi connectivity index (χ0v) is 24.7. The van der Waals surface area contributed by atoms with Crippen molar-refractivity contribution in [1.29, 1.82) is 0 Å². The molecule has 41 heavy (non-hydrogen) atoms. The van der Waals surface area contributed by atoms with Gasteiger partial charge in [0.15, 0.2) is 5.82 Å². The first-order valence-electron chi connectivity index (χ1n) is 13.6. The van der Waals surface area contributed by atoms with Crippen LogP contribution >= 0.6 is 0 Å². The van der Waals surface area contributed by atoms with Crippen LogP contribution in [0.2, 0.25) is 0 Å². The summed E-state index contributed by atoms with van der Waals surface area (Å²) in [4.78, 5) is 38.3. The molecule has 218 valence electrons. The maximum absolute atomic E-state index is 13.7. The lowest BCUT2D eigenvalue weighted by Gasteiger charge is -2.24. The molecule has 0 unspecified atom stereocenters. The number of benzene rings is 1. The standard InChI is InChI=1S/C29H38N8O4/c1-8-37-19(2)20(15-31-37)17-35(7)27(39)25-23-14-22(38)10-11-24(23)32-26(33-25)21-16-30-36(18-21)13-9-12-34(6)28(40)41-29(3,4)5/h10-11,14-16,18,38H,8-9,12-13,17H2,1-7H3. The molecule has 4 aromatic rings. The van der Waals surface area contributed by atoms with E-state index >= 15 is 0 Å². The summed E-state index contributed by atoms with van der Waals surface area (Å²) in [5.74, 6) is 0.0762. The Morgan fingerprint density at radius 1 is 1.07 bits per heavy atom. The van der Waals surface area contributed by atoms with Gasteiger partial charge in [0.2, 0.25) is 0 Å². The minimum absolute atomic E-state index is 0.0230. The maximum Gasteiger partial charge on any atom is 0.410 e. The monoisotopic (exact) mass is 562 g/mol. The number of fused-ring (bicyclic) bond motifs is 1. The Hall–Kier alpha value is -4.48. The molecule has 12 heteroatoms. The van der Waals surface area contributed by atoms with Crippen molar-refractivity contribution >= 4 is 22.9 Å². The fraction of sp³-hybridized carbons (Fsp3) is 0.448. The van der Waals surface area contributed by atoms with Crippen LogP contribution in [0.3, 0.4) is 0 Å². The molecule has 1 N–H and O–H groups in total. The molecule has 0 atom stereocenters. The van der Waals surface area contributed by atoms with Crippen molar-refractivity contribution < 1.29 is 19.4 Å². The first kappa shape index (κ1) is 29.5. The van der Waals surface area contributed by atoms with Crippen LogP contribution in [0.1, 0.15) is 55.9 Å². The second-order valence-corrected chi connectivity index (χ2v) is 11.1. The van der Waals surface area contributed by atoms with Crippen molar-refractivity contribution in [3.8, 4) is 17.1 Å². The molecule has 0 saturated carbocycles. The minimum atomic E-state index is -0.548. The normalized spacial score (nSPS) is 11.6. The third kappa shape index (κ3) is 7.00. The van der Waals surface area contributed by atoms with Gasteiger partial charge in [0, 0.05) is 63.1 Å². The second-order valence-electron chi connectivity index (χ2n) is 11.1. The number of ether oxygens (including phenoxy) is 1. The average Bonchev–Trinajstić information content (AvgIpc) is 3.53. The van der Waals surface area contributed by atoms with E-state index in [-0.39, 0.29) is 23.4 Å². The average molecular weight is 563 g/mol. The van der Waals surface area contributed by atoms with Gasteiger partial charge in [-0.15, -0.1) is 0 Å². The van der Waals surface area contributed by atoms with E-state index in [2.05, 4.69) is 20.2 Å². The van der Waals surface area contributed by atoms with Gasteiger partial charge < -0.3 is 19.6 Å². The van der Waals surface area contributed by atoms with Gasteiger partial charge in [0.1, 0.15) is 17.0 Å². The predicted octanol–water partition coefficient (Wildman–Crippen LogP) is 4.25. The molecule has 12 nitrogen and oxygen atoms in total. The van der Waals surface area contributed by atoms with Crippen molar-refractivity contribution in [3.63, 3.8) is 0 Å². The number of aromatic nitrogens is 6. The Morgan fingerprint density at radius 3 is 2.51 bits per heavy atom. The minimum Gasteiger partial charge on any atom is -0.508 e. The number of aryl methyl sites for hydroxylation is 2. The third-order valence-corrected chi connectivity index (χ3v) is 6.62. The molecule has 1 aromatic carbocycles. The number of nitrogens with zero attached hydrogens (tertiary/aromatic N) is 8. The highest BCUT2D eigenvalue weighted by molar-refractivity contribution is 6.05. The van der Waals surface area contributed by atoms with Crippen LogP contribution in [0.4, 0.5) is 4.79 Å². The Labute approximate surface area is 239 Å². The van der Waals surface area contributed by atoms with Crippen molar-refractivity contribution in [2.75, 3.05) is 20.6 Å². The fourth-order valence-electron chi connectivity index (χ4n) is 4.38. The number of hydrogen-bond donors (Lipinski definition) is 1. The number of carbonyl (C=O) groups is 2. The van der Waals surface area contributed by atoms with E-state index in [1.807, 2.05) is 45.5 Å². The Bertz CT molecular complexity index is 1550. The summed E-state index contributed by atoms with van der Waals surface area (Å²) in [6.45, 7) is 11.7. The van der Waals surface area contributed by atoms with Crippen LogP contribution in [0.5, 0.6) is 5.75 Å². The molecule has 0 bridgehead atoms. The zero-order chi connectivity index (χ0) is 29.9. The maximum atomic E-state index is 13.7. The third-order valence-electron chi connectivity index (χ3n) is 6.62. The second kappa shape index (κ2) is 11.9. The van der Waals surface area contributed by atoms with Gasteiger partial charge in [0.05, 0.1) is 23.5 Å². The highest BCUT2D eigenvalue weighted by Crippen LogP contribution is 2.26. The van der Waals surface area contributed by atoms with Crippen molar-refractivity contribution in [2.45, 2.75) is 66.3 Å². The quantitative estimate of drug-likeness (QED) is 0.320. The molecule has 0 radical (unpaired) electrons. The summed E-state index contributed by atoms with van der Waals surface area (Å²) in [5.41, 5.74) is 2.78. The number of hydrogen-bond acceptors (Lipinski definition) is 8. The highest BCUT2D eigenvalue weighted by atomic mass is 16.6. The van der Waals surface area contributed by atoms with E-state index in [0.717, 1.165) is 17.8 Å². The van der Waals surface area contributed by atoms with Crippen LogP contribution in [-0.2, 0) is 24.4 Å². The van der Waals surface area contributed by atoms with Crippen molar-refractivity contribution in [2.24, 2.45) is 0 Å². The van der Waals surface area contributed by atoms with Crippen LogP contribution in [0.15, 0.2) is 36.8 Å². The van der Waals surface area contributed by atoms with Gasteiger partial charge >= 0.3 is 6.09 Å². The number of amides is 2. The van der Waals surface area contributed by atoms with E-state index in [4.69, 9.17) is 4.74 Å². The lowest BCUT2D eigenvalue weighted by atomic mass is 10.1. The molecule has 3 heterocycles. The molecule has 3 aromatic heterocycles. The van der Waals surface area contributed by atoms with E-state index in [1.165, 1.54) is 12.1 Å². The van der Waals surface area contributed by atoms with Gasteiger partial charge in [0.25, 0.3) is 5.91 Å². The first-order valence-corrected chi connectivity index (χ1v) is 13.6. The summed E-state index contributed by atoms with van der Waals surface area (Å²) in [6.07, 6.45) is 5.54. The van der Waals surface area contributed by atoms with Crippen LogP contribution in [0.25, 0.3) is 22.3 Å². The summed E-state index contributed by atoms with van der Waals surface area (Å²) >= 11 is 0. The Kier molecular flexibility index (Phi) is 8.60. The summed E-state index contributed by atoms with van der Waals surface area (Å²) in [5, 5.41) is 19.4. The van der Waals surface area contributed by atoms with Crippen molar-refractivity contribution in [1.82, 2.24) is 39.3 Å². The van der Waals surface area contributed by atoms with E-state index in [9.17, 15) is 14.7 Å². The van der Waals surface area contributed by atoms with Crippen LogP contribution < -0.4 is 0 Å². The topological polar surface area (TPSA) is 132 Å². The van der Waals surface area contributed by atoms with Crippen molar-refractivity contribution in [3.05, 3.63) is 53.7 Å². The summed E-state index contributed by atoms with van der Waals surface area (Å²) in [6, 6.07) is 4.70. The number of rotatable bonds is 9. The molecule has 0 aliphatic heterocycles. The fourth-order valence-corrected chi connectivity index (χ4v) is 4.38. The molecular weight excluding hydrogens is 524 g/mol. The zero-order valence-electron chi connectivity index (χ0n) is 24.7. The summed E-state index contributed by atoms with van der Waals surface area (Å²) in [7, 11) is 3.42. The molecule has 0 saturated heterocycles. The highest BCUT2D eigenvalue weighted by Gasteiger charge is 2.22. The lowest BCUT2D eigenvalue weighted by molar-refractivity contribution is 0.0295. The van der Waals surface area contributed by atoms with E-state index in [0.29, 0.717) is 48.3 Å².